The van der Waals surface area contributed by atoms with Crippen molar-refractivity contribution in [2.24, 2.45) is 17.3 Å². The predicted molar refractivity (Wildman–Crippen MR) is 97.7 cm³/mol. The highest BCUT2D eigenvalue weighted by Crippen LogP contribution is 2.41. The predicted octanol–water partition coefficient (Wildman–Crippen LogP) is 3.83. The Kier molecular flexibility index (Phi) is 7.09. The van der Waals surface area contributed by atoms with Gasteiger partial charge in [-0.15, -0.1) is 0 Å². The number of carbonyl (C=O) groups is 1. The van der Waals surface area contributed by atoms with Gasteiger partial charge in [-0.1, -0.05) is 27.7 Å². The fraction of sp³-hybridized carbons (Fsp3) is 0.950. The molecule has 1 spiro atoms. The number of Topliss-reactive ketones (excluding diaryl/α,β-unsaturated/α-hetero) is 1. The summed E-state index contributed by atoms with van der Waals surface area (Å²) in [5.41, 5.74) is 0.637. The average molecular weight is 323 g/mol. The summed E-state index contributed by atoms with van der Waals surface area (Å²) in [7, 11) is 0. The molecule has 2 saturated heterocycles. The molecule has 0 aromatic heterocycles. The van der Waals surface area contributed by atoms with Crippen LogP contribution in [0.3, 0.4) is 0 Å². The van der Waals surface area contributed by atoms with Gasteiger partial charge in [0.1, 0.15) is 5.78 Å². The molecule has 0 aromatic rings. The van der Waals surface area contributed by atoms with Gasteiger partial charge < -0.3 is 9.80 Å². The molecule has 3 heteroatoms. The molecule has 0 N–H and O–H groups in total. The smallest absolute Gasteiger partial charge is 0.135 e. The van der Waals surface area contributed by atoms with Crippen LogP contribution in [0.4, 0.5) is 0 Å². The zero-order valence-corrected chi connectivity index (χ0v) is 15.9. The molecule has 2 aliphatic rings. The molecule has 2 fully saturated rings. The normalized spacial score (nSPS) is 23.0. The maximum absolute atomic E-state index is 11.7. The van der Waals surface area contributed by atoms with Crippen molar-refractivity contribution in [3.05, 3.63) is 0 Å². The van der Waals surface area contributed by atoms with Crippen LogP contribution in [0.25, 0.3) is 0 Å². The van der Waals surface area contributed by atoms with E-state index in [0.717, 1.165) is 25.3 Å². The Morgan fingerprint density at radius 1 is 0.913 bits per heavy atom. The quantitative estimate of drug-likeness (QED) is 0.712. The van der Waals surface area contributed by atoms with Crippen LogP contribution in [0.1, 0.15) is 66.2 Å². The van der Waals surface area contributed by atoms with Gasteiger partial charge in [0, 0.05) is 18.9 Å². The van der Waals surface area contributed by atoms with Gasteiger partial charge in [-0.2, -0.15) is 0 Å². The zero-order chi connectivity index (χ0) is 16.9. The maximum Gasteiger partial charge on any atom is 0.135 e. The number of piperidine rings is 2. The molecule has 0 unspecified atom stereocenters. The Hall–Kier alpha value is -0.410. The van der Waals surface area contributed by atoms with Crippen molar-refractivity contribution in [2.45, 2.75) is 66.2 Å². The monoisotopic (exact) mass is 322 g/mol. The summed E-state index contributed by atoms with van der Waals surface area (Å²) in [5.74, 6) is 1.42. The van der Waals surface area contributed by atoms with E-state index in [-0.39, 0.29) is 5.92 Å². The lowest BCUT2D eigenvalue weighted by Gasteiger charge is -2.47. The van der Waals surface area contributed by atoms with E-state index in [1.54, 1.807) is 0 Å². The van der Waals surface area contributed by atoms with E-state index < -0.39 is 0 Å². The van der Waals surface area contributed by atoms with Crippen LogP contribution >= 0.6 is 0 Å². The SMILES string of the molecule is CC(C)CN1CCC2(CCN(CCCC(=O)C(C)C)CC2)CC1. The van der Waals surface area contributed by atoms with E-state index in [9.17, 15) is 4.79 Å². The Bertz CT molecular complexity index is 360. The van der Waals surface area contributed by atoms with Crippen molar-refractivity contribution in [1.29, 1.82) is 0 Å². The third-order valence-corrected chi connectivity index (χ3v) is 6.00. The van der Waals surface area contributed by atoms with Gasteiger partial charge in [0.2, 0.25) is 0 Å². The van der Waals surface area contributed by atoms with Crippen molar-refractivity contribution < 1.29 is 4.79 Å². The van der Waals surface area contributed by atoms with Crippen molar-refractivity contribution in [1.82, 2.24) is 9.80 Å². The van der Waals surface area contributed by atoms with Crippen LogP contribution in [0.5, 0.6) is 0 Å². The second-order valence-corrected chi connectivity index (χ2v) is 8.76. The standard InChI is InChI=1S/C20H38N2O/c1-17(2)16-22-14-9-20(10-15-22)7-12-21(13-8-20)11-5-6-19(23)18(3)4/h17-18H,5-16H2,1-4H3. The highest BCUT2D eigenvalue weighted by atomic mass is 16.1. The van der Waals surface area contributed by atoms with Crippen molar-refractivity contribution in [3.8, 4) is 0 Å². The first-order valence-corrected chi connectivity index (χ1v) is 9.88. The van der Waals surface area contributed by atoms with Gasteiger partial charge in [-0.25, -0.2) is 0 Å². The molecule has 2 heterocycles. The summed E-state index contributed by atoms with van der Waals surface area (Å²) in [6, 6.07) is 0. The fourth-order valence-corrected chi connectivity index (χ4v) is 4.24. The van der Waals surface area contributed by atoms with E-state index in [1.165, 1.54) is 58.4 Å². The Morgan fingerprint density at radius 2 is 1.43 bits per heavy atom. The third-order valence-electron chi connectivity index (χ3n) is 6.00. The average Bonchev–Trinajstić information content (AvgIpc) is 2.51. The molecule has 3 nitrogen and oxygen atoms in total. The molecule has 0 bridgehead atoms. The largest absolute Gasteiger partial charge is 0.303 e. The molecule has 0 atom stereocenters. The molecule has 23 heavy (non-hydrogen) atoms. The topological polar surface area (TPSA) is 23.6 Å². The molecule has 2 rings (SSSR count). The number of likely N-dealkylation sites (tertiary alicyclic amines) is 2. The lowest BCUT2D eigenvalue weighted by Crippen LogP contribution is -2.47. The minimum atomic E-state index is 0.204. The lowest BCUT2D eigenvalue weighted by molar-refractivity contribution is -0.122. The van der Waals surface area contributed by atoms with Crippen molar-refractivity contribution in [3.63, 3.8) is 0 Å². The van der Waals surface area contributed by atoms with Crippen LogP contribution in [0, 0.1) is 17.3 Å². The summed E-state index contributed by atoms with van der Waals surface area (Å²) >= 11 is 0. The molecule has 134 valence electrons. The Labute approximate surface area is 143 Å². The van der Waals surface area contributed by atoms with E-state index in [0.29, 0.717) is 11.2 Å². The summed E-state index contributed by atoms with van der Waals surface area (Å²) in [5, 5.41) is 0. The molecule has 0 amide bonds. The van der Waals surface area contributed by atoms with Crippen LogP contribution in [0.15, 0.2) is 0 Å². The van der Waals surface area contributed by atoms with Crippen LogP contribution < -0.4 is 0 Å². The maximum atomic E-state index is 11.7. The fourth-order valence-electron chi connectivity index (χ4n) is 4.24. The lowest BCUT2D eigenvalue weighted by atomic mass is 9.71. The molecule has 0 saturated carbocycles. The molecule has 0 aliphatic carbocycles. The number of rotatable bonds is 7. The van der Waals surface area contributed by atoms with Gasteiger partial charge in [-0.05, 0) is 76.2 Å². The Balaban J connectivity index is 1.65. The van der Waals surface area contributed by atoms with E-state index in [4.69, 9.17) is 0 Å². The molecular weight excluding hydrogens is 284 g/mol. The van der Waals surface area contributed by atoms with Gasteiger partial charge in [0.15, 0.2) is 0 Å². The van der Waals surface area contributed by atoms with E-state index >= 15 is 0 Å². The van der Waals surface area contributed by atoms with Crippen molar-refractivity contribution >= 4 is 5.78 Å². The molecule has 2 aliphatic heterocycles. The van der Waals surface area contributed by atoms with E-state index in [2.05, 4.69) is 23.6 Å². The summed E-state index contributed by atoms with van der Waals surface area (Å²) < 4.78 is 0. The minimum Gasteiger partial charge on any atom is -0.303 e. The first kappa shape index (κ1) is 18.9. The highest BCUT2D eigenvalue weighted by Gasteiger charge is 2.37. The number of ketones is 1. The van der Waals surface area contributed by atoms with Gasteiger partial charge in [0.25, 0.3) is 0 Å². The number of nitrogens with zero attached hydrogens (tertiary/aromatic N) is 2. The number of hydrogen-bond acceptors (Lipinski definition) is 3. The van der Waals surface area contributed by atoms with Crippen LogP contribution in [-0.2, 0) is 4.79 Å². The second kappa shape index (κ2) is 8.62. The number of hydrogen-bond donors (Lipinski definition) is 0. The van der Waals surface area contributed by atoms with E-state index in [1.807, 2.05) is 13.8 Å². The van der Waals surface area contributed by atoms with Crippen LogP contribution in [-0.4, -0.2) is 54.9 Å². The van der Waals surface area contributed by atoms with Gasteiger partial charge in [0.05, 0.1) is 0 Å². The van der Waals surface area contributed by atoms with Crippen molar-refractivity contribution in [2.75, 3.05) is 39.3 Å². The van der Waals surface area contributed by atoms with Gasteiger partial charge >= 0.3 is 0 Å². The molecule has 0 aromatic carbocycles. The second-order valence-electron chi connectivity index (χ2n) is 8.76. The summed E-state index contributed by atoms with van der Waals surface area (Å²) in [6.45, 7) is 16.2. The first-order valence-electron chi connectivity index (χ1n) is 9.88. The third kappa shape index (κ3) is 5.86. The first-order chi connectivity index (χ1) is 10.9. The number of carbonyl (C=O) groups excluding carboxylic acids is 1. The zero-order valence-electron chi connectivity index (χ0n) is 15.9. The molecular formula is C20H38N2O. The van der Waals surface area contributed by atoms with Crippen LogP contribution in [0.2, 0.25) is 0 Å². The minimum absolute atomic E-state index is 0.204. The summed E-state index contributed by atoms with van der Waals surface area (Å²) in [6.07, 6.45) is 7.37. The van der Waals surface area contributed by atoms with Gasteiger partial charge in [-0.3, -0.25) is 4.79 Å². The summed E-state index contributed by atoms with van der Waals surface area (Å²) in [4.78, 5) is 17.0. The highest BCUT2D eigenvalue weighted by molar-refractivity contribution is 5.80. The molecule has 0 radical (unpaired) electrons. The Morgan fingerprint density at radius 3 is 1.91 bits per heavy atom.